The molecule has 26 heavy (non-hydrogen) atoms. The number of hydrogen-bond donors (Lipinski definition) is 1. The van der Waals surface area contributed by atoms with Crippen LogP contribution in [0, 0.1) is 11.3 Å². The Morgan fingerprint density at radius 1 is 1.35 bits per heavy atom. The van der Waals surface area contributed by atoms with Crippen molar-refractivity contribution in [1.29, 1.82) is 0 Å². The fourth-order valence-electron chi connectivity index (χ4n) is 4.41. The minimum absolute atomic E-state index is 0.0493. The van der Waals surface area contributed by atoms with E-state index in [0.29, 0.717) is 25.5 Å². The van der Waals surface area contributed by atoms with Crippen molar-refractivity contribution in [1.82, 2.24) is 9.97 Å². The summed E-state index contributed by atoms with van der Waals surface area (Å²) < 4.78 is 39.7. The lowest BCUT2D eigenvalue weighted by molar-refractivity contribution is -0.141. The largest absolute Gasteiger partial charge is 0.481 e. The number of halogens is 3. The molecule has 1 unspecified atom stereocenters. The van der Waals surface area contributed by atoms with Gasteiger partial charge in [0.2, 0.25) is 5.95 Å². The molecule has 9 heteroatoms. The molecule has 2 saturated heterocycles. The third-order valence-corrected chi connectivity index (χ3v) is 5.85. The predicted octanol–water partition coefficient (Wildman–Crippen LogP) is 2.79. The van der Waals surface area contributed by atoms with Crippen LogP contribution in [0.15, 0.2) is 6.07 Å². The maximum atomic E-state index is 13.2. The first-order valence-electron chi connectivity index (χ1n) is 8.85. The van der Waals surface area contributed by atoms with E-state index in [2.05, 4.69) is 9.97 Å². The number of carboxylic acid groups (broad SMARTS) is 1. The number of aliphatic carboxylic acids is 1. The average molecular weight is 370 g/mol. The topological polar surface area (TPSA) is 69.6 Å². The average Bonchev–Trinajstić information content (AvgIpc) is 2.45. The second kappa shape index (κ2) is 5.72. The van der Waals surface area contributed by atoms with Gasteiger partial charge in [0.1, 0.15) is 5.82 Å². The molecule has 0 bridgehead atoms. The van der Waals surface area contributed by atoms with Gasteiger partial charge >= 0.3 is 12.1 Å². The Kier molecular flexibility index (Phi) is 3.82. The normalized spacial score (nSPS) is 24.8. The maximum absolute atomic E-state index is 13.2. The number of carboxylic acids is 1. The molecule has 2 aliphatic heterocycles. The van der Waals surface area contributed by atoms with E-state index in [-0.39, 0.29) is 29.7 Å². The lowest BCUT2D eigenvalue weighted by Gasteiger charge is -2.59. The molecule has 142 valence electrons. The summed E-state index contributed by atoms with van der Waals surface area (Å²) in [6.45, 7) is 3.88. The molecule has 0 aromatic carbocycles. The molecule has 0 amide bonds. The van der Waals surface area contributed by atoms with Crippen molar-refractivity contribution in [3.05, 3.63) is 11.8 Å². The molecule has 6 nitrogen and oxygen atoms in total. The molecule has 1 aromatic heterocycles. The molecule has 3 aliphatic rings. The van der Waals surface area contributed by atoms with Gasteiger partial charge in [-0.1, -0.05) is 0 Å². The first kappa shape index (κ1) is 17.4. The Morgan fingerprint density at radius 3 is 2.54 bits per heavy atom. The number of anilines is 2. The van der Waals surface area contributed by atoms with Crippen LogP contribution >= 0.6 is 0 Å². The summed E-state index contributed by atoms with van der Waals surface area (Å²) in [6, 6.07) is 1.17. The summed E-state index contributed by atoms with van der Waals surface area (Å²) in [4.78, 5) is 22.5. The van der Waals surface area contributed by atoms with E-state index in [4.69, 9.17) is 5.11 Å². The van der Waals surface area contributed by atoms with Gasteiger partial charge in [-0.25, -0.2) is 4.98 Å². The van der Waals surface area contributed by atoms with Gasteiger partial charge in [0.05, 0.1) is 0 Å². The van der Waals surface area contributed by atoms with Crippen LogP contribution in [-0.4, -0.2) is 46.7 Å². The van der Waals surface area contributed by atoms with E-state index in [1.54, 1.807) is 4.90 Å². The molecule has 1 aromatic rings. The van der Waals surface area contributed by atoms with Gasteiger partial charge in [0.15, 0.2) is 5.69 Å². The fourth-order valence-corrected chi connectivity index (χ4v) is 4.41. The molecule has 0 radical (unpaired) electrons. The molecule has 3 heterocycles. The third-order valence-electron chi connectivity index (χ3n) is 5.85. The van der Waals surface area contributed by atoms with Crippen LogP contribution in [-0.2, 0) is 11.0 Å². The molecule has 1 N–H and O–H groups in total. The Labute approximate surface area is 149 Å². The first-order valence-corrected chi connectivity index (χ1v) is 8.85. The van der Waals surface area contributed by atoms with Crippen molar-refractivity contribution in [3.8, 4) is 0 Å². The third kappa shape index (κ3) is 2.97. The number of aromatic nitrogens is 2. The summed E-state index contributed by atoms with van der Waals surface area (Å²) in [5.74, 6) is -0.149. The highest BCUT2D eigenvalue weighted by molar-refractivity contribution is 5.67. The monoisotopic (exact) mass is 370 g/mol. The summed E-state index contributed by atoms with van der Waals surface area (Å²) >= 11 is 0. The van der Waals surface area contributed by atoms with Crippen LogP contribution < -0.4 is 9.80 Å². The summed E-state index contributed by atoms with van der Waals surface area (Å²) in [5, 5.41) is 8.84. The minimum atomic E-state index is -4.51. The quantitative estimate of drug-likeness (QED) is 0.879. The van der Waals surface area contributed by atoms with E-state index < -0.39 is 17.8 Å². The Bertz CT molecular complexity index is 725. The number of carbonyl (C=O) groups is 1. The van der Waals surface area contributed by atoms with Gasteiger partial charge in [0.25, 0.3) is 0 Å². The van der Waals surface area contributed by atoms with Gasteiger partial charge in [-0.2, -0.15) is 18.2 Å². The number of alkyl halides is 3. The van der Waals surface area contributed by atoms with Crippen LogP contribution in [0.2, 0.25) is 0 Å². The van der Waals surface area contributed by atoms with E-state index in [1.807, 2.05) is 11.8 Å². The highest BCUT2D eigenvalue weighted by Crippen LogP contribution is 2.54. The molecule has 4 rings (SSSR count). The fraction of sp³-hybridized carbons (Fsp3) is 0.706. The minimum Gasteiger partial charge on any atom is -0.481 e. The molecular weight excluding hydrogens is 349 g/mol. The summed E-state index contributed by atoms with van der Waals surface area (Å²) in [6.07, 6.45) is -1.77. The predicted molar refractivity (Wildman–Crippen MR) is 88.1 cm³/mol. The Balaban J connectivity index is 1.49. The van der Waals surface area contributed by atoms with Gasteiger partial charge in [0, 0.05) is 43.6 Å². The van der Waals surface area contributed by atoms with Gasteiger partial charge < -0.3 is 14.9 Å². The maximum Gasteiger partial charge on any atom is 0.433 e. The van der Waals surface area contributed by atoms with Crippen molar-refractivity contribution in [3.63, 3.8) is 0 Å². The van der Waals surface area contributed by atoms with Gasteiger partial charge in [-0.05, 0) is 32.1 Å². The smallest absolute Gasteiger partial charge is 0.433 e. The molecule has 1 saturated carbocycles. The molecular formula is C17H21F3N4O2. The van der Waals surface area contributed by atoms with E-state index in [0.717, 1.165) is 25.3 Å². The SMILES string of the molecule is CC1CCN1c1nc(N2CC3(CC(CC(=O)O)C3)C2)cc(C(F)(F)F)n1. The standard InChI is InChI=1S/C17H21F3N4O2/c1-10-2-3-24(10)15-21-12(17(18,19)20)5-13(22-15)23-8-16(9-23)6-11(7-16)4-14(25)26/h5,10-11H,2-4,6-9H2,1H3,(H,25,26). The van der Waals surface area contributed by atoms with Crippen molar-refractivity contribution in [2.45, 2.75) is 44.8 Å². The van der Waals surface area contributed by atoms with Crippen LogP contribution in [0.5, 0.6) is 0 Å². The number of nitrogens with zero attached hydrogens (tertiary/aromatic N) is 4. The molecule has 1 atom stereocenters. The zero-order chi connectivity index (χ0) is 18.7. The second-order valence-electron chi connectivity index (χ2n) is 7.97. The van der Waals surface area contributed by atoms with Crippen molar-refractivity contribution in [2.24, 2.45) is 11.3 Å². The molecule has 1 spiro atoms. The second-order valence-corrected chi connectivity index (χ2v) is 7.97. The highest BCUT2D eigenvalue weighted by Gasteiger charge is 2.53. The lowest BCUT2D eigenvalue weighted by Crippen LogP contribution is -2.63. The van der Waals surface area contributed by atoms with E-state index in [1.165, 1.54) is 0 Å². The van der Waals surface area contributed by atoms with Crippen LogP contribution in [0.4, 0.5) is 24.9 Å². The zero-order valence-corrected chi connectivity index (χ0v) is 14.5. The first-order chi connectivity index (χ1) is 12.2. The molecule has 3 fully saturated rings. The Hall–Kier alpha value is -2.06. The molecule has 1 aliphatic carbocycles. The van der Waals surface area contributed by atoms with Gasteiger partial charge in [-0.15, -0.1) is 0 Å². The van der Waals surface area contributed by atoms with E-state index in [9.17, 15) is 18.0 Å². The van der Waals surface area contributed by atoms with Crippen LogP contribution in [0.3, 0.4) is 0 Å². The van der Waals surface area contributed by atoms with Gasteiger partial charge in [-0.3, -0.25) is 4.79 Å². The zero-order valence-electron chi connectivity index (χ0n) is 14.5. The van der Waals surface area contributed by atoms with Crippen molar-refractivity contribution >= 4 is 17.7 Å². The number of rotatable bonds is 4. The van der Waals surface area contributed by atoms with Crippen molar-refractivity contribution in [2.75, 3.05) is 29.4 Å². The summed E-state index contributed by atoms with van der Waals surface area (Å²) in [5.41, 5.74) is -0.858. The lowest BCUT2D eigenvalue weighted by atomic mass is 9.57. The summed E-state index contributed by atoms with van der Waals surface area (Å²) in [7, 11) is 0. The van der Waals surface area contributed by atoms with Crippen molar-refractivity contribution < 1.29 is 23.1 Å². The number of hydrogen-bond acceptors (Lipinski definition) is 5. The Morgan fingerprint density at radius 2 is 2.04 bits per heavy atom. The van der Waals surface area contributed by atoms with Crippen LogP contribution in [0.1, 0.15) is 38.3 Å². The van der Waals surface area contributed by atoms with Crippen LogP contribution in [0.25, 0.3) is 0 Å². The van der Waals surface area contributed by atoms with E-state index >= 15 is 0 Å². The highest BCUT2D eigenvalue weighted by atomic mass is 19.4.